The average molecular weight is 273 g/mol. The van der Waals surface area contributed by atoms with E-state index in [-0.39, 0.29) is 11.7 Å². The van der Waals surface area contributed by atoms with Crippen molar-refractivity contribution in [2.45, 2.75) is 27.7 Å². The number of hydrogen-bond acceptors (Lipinski definition) is 4. The van der Waals surface area contributed by atoms with Gasteiger partial charge in [0.1, 0.15) is 18.4 Å². The molecule has 2 rings (SSSR count). The van der Waals surface area contributed by atoms with Crippen molar-refractivity contribution in [1.82, 2.24) is 24.5 Å². The van der Waals surface area contributed by atoms with E-state index in [1.807, 2.05) is 40.8 Å². The van der Waals surface area contributed by atoms with Crippen molar-refractivity contribution < 1.29 is 4.79 Å². The molecular formula is C14H19N5O. The molecule has 0 aliphatic rings. The van der Waals surface area contributed by atoms with E-state index in [4.69, 9.17) is 0 Å². The number of aryl methyl sites for hydroxylation is 2. The second kappa shape index (κ2) is 5.40. The van der Waals surface area contributed by atoms with Gasteiger partial charge in [-0.2, -0.15) is 10.2 Å². The molecule has 6 heteroatoms. The lowest BCUT2D eigenvalue weighted by Crippen LogP contribution is -2.15. The summed E-state index contributed by atoms with van der Waals surface area (Å²) in [6.07, 6.45) is 4.80. The third kappa shape index (κ3) is 2.54. The molecule has 0 saturated carbocycles. The van der Waals surface area contributed by atoms with Crippen LogP contribution in [-0.2, 0) is 11.8 Å². The van der Waals surface area contributed by atoms with Gasteiger partial charge in [0.2, 0.25) is 0 Å². The molecule has 2 aromatic rings. The number of carbonyl (C=O) groups is 1. The first kappa shape index (κ1) is 14.2. The fourth-order valence-electron chi connectivity index (χ4n) is 2.01. The van der Waals surface area contributed by atoms with Crippen molar-refractivity contribution in [2.24, 2.45) is 13.0 Å². The third-order valence-electron chi connectivity index (χ3n) is 3.29. The first-order valence-electron chi connectivity index (χ1n) is 6.53. The fraction of sp³-hybridized carbons (Fsp3) is 0.429. The number of ketones is 1. The molecule has 2 heterocycles. The van der Waals surface area contributed by atoms with Gasteiger partial charge in [-0.05, 0) is 19.9 Å². The topological polar surface area (TPSA) is 65.6 Å². The molecule has 0 spiro atoms. The van der Waals surface area contributed by atoms with E-state index in [1.165, 1.54) is 17.3 Å². The van der Waals surface area contributed by atoms with E-state index in [0.717, 1.165) is 17.0 Å². The lowest BCUT2D eigenvalue weighted by Gasteiger charge is -2.09. The minimum atomic E-state index is -0.109. The molecule has 0 N–H and O–H groups in total. The molecule has 0 bridgehead atoms. The first-order valence-corrected chi connectivity index (χ1v) is 6.53. The van der Waals surface area contributed by atoms with Gasteiger partial charge < -0.3 is 0 Å². The van der Waals surface area contributed by atoms with Crippen molar-refractivity contribution in [1.29, 1.82) is 0 Å². The van der Waals surface area contributed by atoms with Crippen LogP contribution >= 0.6 is 0 Å². The van der Waals surface area contributed by atoms with Crippen molar-refractivity contribution in [2.75, 3.05) is 0 Å². The maximum absolute atomic E-state index is 12.4. The van der Waals surface area contributed by atoms with Crippen LogP contribution in [0.3, 0.4) is 0 Å². The SMILES string of the molecule is Cc1nn(C)c(C)c1/C=C(\C(=O)C(C)C)n1cncn1. The summed E-state index contributed by atoms with van der Waals surface area (Å²) in [7, 11) is 1.89. The second-order valence-corrected chi connectivity index (χ2v) is 5.10. The van der Waals surface area contributed by atoms with Crippen LogP contribution in [0.5, 0.6) is 0 Å². The smallest absolute Gasteiger partial charge is 0.183 e. The Labute approximate surface area is 118 Å². The lowest BCUT2D eigenvalue weighted by atomic mass is 10.0. The van der Waals surface area contributed by atoms with Crippen LogP contribution in [0.1, 0.15) is 30.8 Å². The van der Waals surface area contributed by atoms with E-state index in [2.05, 4.69) is 15.2 Å². The summed E-state index contributed by atoms with van der Waals surface area (Å²) in [4.78, 5) is 16.3. The molecule has 0 radical (unpaired) electrons. The fourth-order valence-corrected chi connectivity index (χ4v) is 2.01. The Morgan fingerprint density at radius 2 is 2.05 bits per heavy atom. The van der Waals surface area contributed by atoms with Gasteiger partial charge in [-0.3, -0.25) is 9.48 Å². The van der Waals surface area contributed by atoms with Gasteiger partial charge in [0.15, 0.2) is 5.78 Å². The van der Waals surface area contributed by atoms with Gasteiger partial charge in [0.05, 0.1) is 5.69 Å². The van der Waals surface area contributed by atoms with Crippen LogP contribution in [0.15, 0.2) is 12.7 Å². The minimum absolute atomic E-state index is 0.0261. The van der Waals surface area contributed by atoms with Crippen molar-refractivity contribution in [3.8, 4) is 0 Å². The molecule has 0 unspecified atom stereocenters. The van der Waals surface area contributed by atoms with Crippen LogP contribution < -0.4 is 0 Å². The predicted molar refractivity (Wildman–Crippen MR) is 76.7 cm³/mol. The number of hydrogen-bond donors (Lipinski definition) is 0. The Balaban J connectivity index is 2.57. The monoisotopic (exact) mass is 273 g/mol. The molecule has 0 fully saturated rings. The number of Topliss-reactive ketones (excluding diaryl/α,β-unsaturated/α-hetero) is 1. The van der Waals surface area contributed by atoms with Crippen molar-refractivity contribution in [3.63, 3.8) is 0 Å². The summed E-state index contributed by atoms with van der Waals surface area (Å²) < 4.78 is 3.31. The Hall–Kier alpha value is -2.24. The molecule has 6 nitrogen and oxygen atoms in total. The van der Waals surface area contributed by atoms with Gasteiger partial charge >= 0.3 is 0 Å². The molecular weight excluding hydrogens is 254 g/mol. The Kier molecular flexibility index (Phi) is 3.83. The zero-order chi connectivity index (χ0) is 14.9. The Bertz CT molecular complexity index is 649. The molecule has 2 aromatic heterocycles. The van der Waals surface area contributed by atoms with E-state index in [0.29, 0.717) is 5.70 Å². The van der Waals surface area contributed by atoms with Crippen LogP contribution in [0.25, 0.3) is 11.8 Å². The first-order chi connectivity index (χ1) is 9.41. The number of allylic oxidation sites excluding steroid dienone is 1. The summed E-state index contributed by atoms with van der Waals surface area (Å²) in [6.45, 7) is 7.65. The van der Waals surface area contributed by atoms with Crippen LogP contribution in [-0.4, -0.2) is 30.3 Å². The van der Waals surface area contributed by atoms with Gasteiger partial charge in [-0.25, -0.2) is 9.67 Å². The predicted octanol–water partition coefficient (Wildman–Crippen LogP) is 1.85. The lowest BCUT2D eigenvalue weighted by molar-refractivity contribution is -0.116. The maximum atomic E-state index is 12.4. The normalized spacial score (nSPS) is 12.2. The van der Waals surface area contributed by atoms with Crippen LogP contribution in [0.4, 0.5) is 0 Å². The molecule has 0 aliphatic heterocycles. The van der Waals surface area contributed by atoms with Gasteiger partial charge in [0.25, 0.3) is 0 Å². The average Bonchev–Trinajstić information content (AvgIpc) is 2.98. The largest absolute Gasteiger partial charge is 0.292 e. The van der Waals surface area contributed by atoms with Gasteiger partial charge in [-0.1, -0.05) is 13.8 Å². The number of carbonyl (C=O) groups excluding carboxylic acids is 1. The summed E-state index contributed by atoms with van der Waals surface area (Å²) in [5.74, 6) is -0.0825. The van der Waals surface area contributed by atoms with E-state index >= 15 is 0 Å². The minimum Gasteiger partial charge on any atom is -0.292 e. The molecule has 0 amide bonds. The highest BCUT2D eigenvalue weighted by Crippen LogP contribution is 2.20. The van der Waals surface area contributed by atoms with E-state index in [1.54, 1.807) is 4.68 Å². The zero-order valence-electron chi connectivity index (χ0n) is 12.5. The molecule has 0 aliphatic carbocycles. The van der Waals surface area contributed by atoms with E-state index in [9.17, 15) is 4.79 Å². The summed E-state index contributed by atoms with van der Waals surface area (Å²) in [6, 6.07) is 0. The summed E-state index contributed by atoms with van der Waals surface area (Å²) in [5, 5.41) is 8.44. The molecule has 106 valence electrons. The molecule has 0 saturated heterocycles. The van der Waals surface area contributed by atoms with E-state index < -0.39 is 0 Å². The summed E-state index contributed by atoms with van der Waals surface area (Å²) in [5.41, 5.74) is 3.36. The highest BCUT2D eigenvalue weighted by atomic mass is 16.1. The Morgan fingerprint density at radius 1 is 1.35 bits per heavy atom. The van der Waals surface area contributed by atoms with Gasteiger partial charge in [-0.15, -0.1) is 0 Å². The van der Waals surface area contributed by atoms with Crippen molar-refractivity contribution >= 4 is 17.6 Å². The quantitative estimate of drug-likeness (QED) is 0.797. The maximum Gasteiger partial charge on any atom is 0.183 e. The summed E-state index contributed by atoms with van der Waals surface area (Å²) >= 11 is 0. The zero-order valence-corrected chi connectivity index (χ0v) is 12.5. The number of rotatable bonds is 4. The Morgan fingerprint density at radius 3 is 2.50 bits per heavy atom. The number of nitrogens with zero attached hydrogens (tertiary/aromatic N) is 5. The van der Waals surface area contributed by atoms with Crippen molar-refractivity contribution in [3.05, 3.63) is 29.6 Å². The molecule has 0 atom stereocenters. The molecule has 20 heavy (non-hydrogen) atoms. The van der Waals surface area contributed by atoms with Crippen LogP contribution in [0.2, 0.25) is 0 Å². The highest BCUT2D eigenvalue weighted by Gasteiger charge is 2.18. The number of aromatic nitrogens is 5. The van der Waals surface area contributed by atoms with Crippen LogP contribution in [0, 0.1) is 19.8 Å². The van der Waals surface area contributed by atoms with Gasteiger partial charge in [0, 0.05) is 24.2 Å². The standard InChI is InChI=1S/C14H19N5O/c1-9(2)14(20)13(19-8-15-7-16-19)6-12-10(3)17-18(5)11(12)4/h6-9H,1-5H3/b13-6+. The highest BCUT2D eigenvalue weighted by molar-refractivity contribution is 6.20. The third-order valence-corrected chi connectivity index (χ3v) is 3.29. The second-order valence-electron chi connectivity index (χ2n) is 5.10. The molecule has 0 aromatic carbocycles.